The molecule has 1 aliphatic heterocycles. The molecule has 1 aliphatic rings. The zero-order chi connectivity index (χ0) is 14.1. The second-order valence-electron chi connectivity index (χ2n) is 5.42. The van der Waals surface area contributed by atoms with Crippen molar-refractivity contribution in [3.63, 3.8) is 0 Å². The van der Waals surface area contributed by atoms with E-state index in [9.17, 15) is 0 Å². The first-order valence-corrected chi connectivity index (χ1v) is 7.98. The van der Waals surface area contributed by atoms with Gasteiger partial charge in [0.15, 0.2) is 0 Å². The molecule has 106 valence electrons. The van der Waals surface area contributed by atoms with E-state index in [1.54, 1.807) is 0 Å². The number of benzene rings is 1. The highest BCUT2D eigenvalue weighted by atomic mass is 32.1. The number of likely N-dealkylation sites (N-methyl/N-ethyl adjacent to an activating group) is 1. The third-order valence-electron chi connectivity index (χ3n) is 4.13. The minimum Gasteiger partial charge on any atom is -0.493 e. The van der Waals surface area contributed by atoms with Crippen molar-refractivity contribution in [1.29, 1.82) is 0 Å². The van der Waals surface area contributed by atoms with Crippen LogP contribution in [-0.4, -0.2) is 13.7 Å². The summed E-state index contributed by atoms with van der Waals surface area (Å²) in [5, 5.41) is 3.53. The van der Waals surface area contributed by atoms with Gasteiger partial charge in [-0.25, -0.2) is 0 Å². The first-order chi connectivity index (χ1) is 9.70. The number of thiophene rings is 1. The summed E-state index contributed by atoms with van der Waals surface area (Å²) in [5.74, 6) is 1.53. The summed E-state index contributed by atoms with van der Waals surface area (Å²) in [5.41, 5.74) is 2.78. The van der Waals surface area contributed by atoms with Gasteiger partial charge in [0.1, 0.15) is 5.75 Å². The van der Waals surface area contributed by atoms with Crippen LogP contribution >= 0.6 is 11.3 Å². The van der Waals surface area contributed by atoms with E-state index in [2.05, 4.69) is 56.5 Å². The van der Waals surface area contributed by atoms with E-state index >= 15 is 0 Å². The van der Waals surface area contributed by atoms with Crippen LogP contribution < -0.4 is 10.1 Å². The zero-order valence-electron chi connectivity index (χ0n) is 12.3. The zero-order valence-corrected chi connectivity index (χ0v) is 13.1. The summed E-state index contributed by atoms with van der Waals surface area (Å²) in [6.07, 6.45) is 1.07. The lowest BCUT2D eigenvalue weighted by molar-refractivity contribution is 0.248. The molecule has 0 spiro atoms. The molecule has 2 atom stereocenters. The Morgan fingerprint density at radius 2 is 2.10 bits per heavy atom. The van der Waals surface area contributed by atoms with Gasteiger partial charge in [-0.1, -0.05) is 18.2 Å². The molecule has 3 rings (SSSR count). The number of rotatable bonds is 3. The monoisotopic (exact) mass is 287 g/mol. The van der Waals surface area contributed by atoms with Gasteiger partial charge < -0.3 is 10.1 Å². The predicted molar refractivity (Wildman–Crippen MR) is 84.9 cm³/mol. The summed E-state index contributed by atoms with van der Waals surface area (Å²) in [7, 11) is 2.06. The van der Waals surface area contributed by atoms with Crippen molar-refractivity contribution >= 4 is 11.3 Å². The van der Waals surface area contributed by atoms with Crippen LogP contribution in [-0.2, 0) is 0 Å². The Kier molecular flexibility index (Phi) is 3.81. The smallest absolute Gasteiger partial charge is 0.122 e. The Labute approximate surface area is 124 Å². The Morgan fingerprint density at radius 1 is 1.30 bits per heavy atom. The first-order valence-electron chi connectivity index (χ1n) is 7.16. The maximum absolute atomic E-state index is 5.79. The van der Waals surface area contributed by atoms with Gasteiger partial charge in [0.2, 0.25) is 0 Å². The van der Waals surface area contributed by atoms with Crippen molar-refractivity contribution in [3.8, 4) is 5.75 Å². The second kappa shape index (κ2) is 5.58. The van der Waals surface area contributed by atoms with Crippen LogP contribution in [0, 0.1) is 13.8 Å². The molecule has 3 heteroatoms. The number of nitrogens with one attached hydrogen (secondary N) is 1. The number of ether oxygens (including phenoxy) is 1. The molecule has 0 saturated heterocycles. The predicted octanol–water partition coefficient (Wildman–Crippen LogP) is 4.19. The maximum Gasteiger partial charge on any atom is 0.122 e. The van der Waals surface area contributed by atoms with Crippen LogP contribution in [0.25, 0.3) is 0 Å². The van der Waals surface area contributed by atoms with Crippen molar-refractivity contribution in [3.05, 3.63) is 51.2 Å². The van der Waals surface area contributed by atoms with E-state index in [-0.39, 0.29) is 0 Å². The van der Waals surface area contributed by atoms with Crippen LogP contribution in [0.3, 0.4) is 0 Å². The van der Waals surface area contributed by atoms with Gasteiger partial charge >= 0.3 is 0 Å². The van der Waals surface area contributed by atoms with Gasteiger partial charge in [0.05, 0.1) is 6.61 Å². The topological polar surface area (TPSA) is 21.3 Å². The second-order valence-corrected chi connectivity index (χ2v) is 6.88. The molecule has 2 unspecified atom stereocenters. The average molecular weight is 287 g/mol. The number of hydrogen-bond acceptors (Lipinski definition) is 3. The largest absolute Gasteiger partial charge is 0.493 e. The van der Waals surface area contributed by atoms with Gasteiger partial charge in [-0.05, 0) is 50.6 Å². The minimum atomic E-state index is 0.366. The van der Waals surface area contributed by atoms with E-state index in [1.807, 2.05) is 11.3 Å². The van der Waals surface area contributed by atoms with Crippen molar-refractivity contribution < 1.29 is 4.74 Å². The van der Waals surface area contributed by atoms with Gasteiger partial charge in [-0.3, -0.25) is 0 Å². The van der Waals surface area contributed by atoms with Crippen molar-refractivity contribution in [2.24, 2.45) is 0 Å². The van der Waals surface area contributed by atoms with Crippen LogP contribution in [0.1, 0.15) is 39.3 Å². The van der Waals surface area contributed by atoms with Gasteiger partial charge in [-0.15, -0.1) is 11.3 Å². The SMILES string of the molecule is CNC(c1cc(C)sc1C)C1CCOc2ccccc21. The maximum atomic E-state index is 5.79. The van der Waals surface area contributed by atoms with Gasteiger partial charge in [0.25, 0.3) is 0 Å². The minimum absolute atomic E-state index is 0.366. The standard InChI is InChI=1S/C17H21NOS/c1-11-10-15(12(2)20-11)17(18-3)14-8-9-19-16-7-5-4-6-13(14)16/h4-7,10,14,17-18H,8-9H2,1-3H3. The normalized spacial score (nSPS) is 19.2. The average Bonchev–Trinajstić information content (AvgIpc) is 2.79. The van der Waals surface area contributed by atoms with Crippen LogP contribution in [0.4, 0.5) is 0 Å². The molecule has 2 nitrogen and oxygen atoms in total. The fourth-order valence-electron chi connectivity index (χ4n) is 3.25. The Bertz CT molecular complexity index is 605. The van der Waals surface area contributed by atoms with E-state index in [4.69, 9.17) is 4.74 Å². The summed E-state index contributed by atoms with van der Waals surface area (Å²) in [6.45, 7) is 5.22. The molecule has 0 fully saturated rings. The Morgan fingerprint density at radius 3 is 2.80 bits per heavy atom. The lowest BCUT2D eigenvalue weighted by Gasteiger charge is -2.32. The molecule has 1 N–H and O–H groups in total. The number of hydrogen-bond donors (Lipinski definition) is 1. The fourth-order valence-corrected chi connectivity index (χ4v) is 4.22. The van der Waals surface area contributed by atoms with E-state index in [0.717, 1.165) is 18.8 Å². The summed E-state index contributed by atoms with van der Waals surface area (Å²) in [6, 6.07) is 11.1. The number of aryl methyl sites for hydroxylation is 2. The van der Waals surface area contributed by atoms with E-state index in [0.29, 0.717) is 12.0 Å². The highest BCUT2D eigenvalue weighted by Crippen LogP contribution is 2.43. The Balaban J connectivity index is 2.01. The summed E-state index contributed by atoms with van der Waals surface area (Å²) >= 11 is 1.89. The molecule has 0 saturated carbocycles. The Hall–Kier alpha value is -1.32. The third kappa shape index (κ3) is 2.36. The van der Waals surface area contributed by atoms with Gasteiger partial charge in [-0.2, -0.15) is 0 Å². The van der Waals surface area contributed by atoms with Crippen LogP contribution in [0.15, 0.2) is 30.3 Å². The highest BCUT2D eigenvalue weighted by molar-refractivity contribution is 7.12. The van der Waals surface area contributed by atoms with Crippen LogP contribution in [0.5, 0.6) is 5.75 Å². The molecule has 0 radical (unpaired) electrons. The molecular weight excluding hydrogens is 266 g/mol. The lowest BCUT2D eigenvalue weighted by atomic mass is 9.83. The molecule has 0 amide bonds. The van der Waals surface area contributed by atoms with E-state index < -0.39 is 0 Å². The lowest BCUT2D eigenvalue weighted by Crippen LogP contribution is -2.28. The fraction of sp³-hybridized carbons (Fsp3) is 0.412. The molecule has 1 aromatic heterocycles. The molecule has 20 heavy (non-hydrogen) atoms. The van der Waals surface area contributed by atoms with Crippen molar-refractivity contribution in [2.75, 3.05) is 13.7 Å². The van der Waals surface area contributed by atoms with Crippen molar-refractivity contribution in [1.82, 2.24) is 5.32 Å². The third-order valence-corrected chi connectivity index (χ3v) is 5.11. The van der Waals surface area contributed by atoms with E-state index in [1.165, 1.54) is 20.9 Å². The van der Waals surface area contributed by atoms with Gasteiger partial charge in [0, 0.05) is 21.7 Å². The quantitative estimate of drug-likeness (QED) is 0.914. The number of para-hydroxylation sites is 1. The first kappa shape index (κ1) is 13.7. The van der Waals surface area contributed by atoms with Crippen molar-refractivity contribution in [2.45, 2.75) is 32.2 Å². The molecular formula is C17H21NOS. The summed E-state index contributed by atoms with van der Waals surface area (Å²) < 4.78 is 5.79. The molecule has 0 bridgehead atoms. The molecule has 1 aromatic carbocycles. The highest BCUT2D eigenvalue weighted by Gasteiger charge is 2.30. The molecule has 2 aromatic rings. The number of fused-ring (bicyclic) bond motifs is 1. The molecule has 2 heterocycles. The molecule has 0 aliphatic carbocycles. The summed E-state index contributed by atoms with van der Waals surface area (Å²) in [4.78, 5) is 2.81. The van der Waals surface area contributed by atoms with Crippen LogP contribution in [0.2, 0.25) is 0 Å².